The normalized spacial score (nSPS) is 18.5. The SMILES string of the molecule is CC1Oc2cc([N+](=O)[O-])ccc2N(CC(C)(C)N)C1=O. The van der Waals surface area contributed by atoms with Crippen molar-refractivity contribution in [2.45, 2.75) is 32.4 Å². The van der Waals surface area contributed by atoms with E-state index in [2.05, 4.69) is 0 Å². The fraction of sp³-hybridized carbons (Fsp3) is 0.462. The standard InChI is InChI=1S/C13H17N3O4/c1-8-12(17)15(7-13(2,3)14)10-5-4-9(16(18)19)6-11(10)20-8/h4-6,8H,7,14H2,1-3H3. The molecule has 2 rings (SSSR count). The Morgan fingerprint density at radius 3 is 2.70 bits per heavy atom. The number of nitrogens with zero attached hydrogens (tertiary/aromatic N) is 2. The van der Waals surface area contributed by atoms with Crippen LogP contribution < -0.4 is 15.4 Å². The van der Waals surface area contributed by atoms with Crippen LogP contribution in [0.3, 0.4) is 0 Å². The minimum absolute atomic E-state index is 0.0720. The van der Waals surface area contributed by atoms with Crippen molar-refractivity contribution in [3.63, 3.8) is 0 Å². The van der Waals surface area contributed by atoms with Crippen LogP contribution in [0.25, 0.3) is 0 Å². The van der Waals surface area contributed by atoms with Crippen molar-refractivity contribution in [2.24, 2.45) is 5.73 Å². The summed E-state index contributed by atoms with van der Waals surface area (Å²) in [5.74, 6) is 0.125. The molecular weight excluding hydrogens is 262 g/mol. The van der Waals surface area contributed by atoms with E-state index in [1.807, 2.05) is 13.8 Å². The molecule has 0 radical (unpaired) electrons. The van der Waals surface area contributed by atoms with Gasteiger partial charge in [0.2, 0.25) is 0 Å². The fourth-order valence-electron chi connectivity index (χ4n) is 2.08. The molecule has 1 unspecified atom stereocenters. The first-order chi connectivity index (χ1) is 9.19. The second-order valence-electron chi connectivity index (χ2n) is 5.58. The Labute approximate surface area is 116 Å². The summed E-state index contributed by atoms with van der Waals surface area (Å²) in [7, 11) is 0. The molecule has 1 atom stereocenters. The van der Waals surface area contributed by atoms with Gasteiger partial charge in [0.05, 0.1) is 16.7 Å². The van der Waals surface area contributed by atoms with Crippen LogP contribution in [0.4, 0.5) is 11.4 Å². The molecule has 1 aliphatic heterocycles. The average Bonchev–Trinajstić information content (AvgIpc) is 2.32. The zero-order chi connectivity index (χ0) is 15.1. The number of nitro benzene ring substituents is 1. The average molecular weight is 279 g/mol. The number of fused-ring (bicyclic) bond motifs is 1. The van der Waals surface area contributed by atoms with Crippen molar-refractivity contribution < 1.29 is 14.5 Å². The third-order valence-electron chi connectivity index (χ3n) is 2.93. The number of hydrogen-bond donors (Lipinski definition) is 1. The van der Waals surface area contributed by atoms with Crippen LogP contribution in [0.15, 0.2) is 18.2 Å². The topological polar surface area (TPSA) is 98.7 Å². The Balaban J connectivity index is 2.45. The minimum Gasteiger partial charge on any atom is -0.478 e. The number of nitrogens with two attached hydrogens (primary N) is 1. The first kappa shape index (κ1) is 14.3. The number of carbonyl (C=O) groups is 1. The van der Waals surface area contributed by atoms with Gasteiger partial charge in [0.1, 0.15) is 0 Å². The molecule has 1 aliphatic rings. The smallest absolute Gasteiger partial charge is 0.273 e. The van der Waals surface area contributed by atoms with Crippen molar-refractivity contribution in [2.75, 3.05) is 11.4 Å². The molecule has 1 aromatic rings. The fourth-order valence-corrected chi connectivity index (χ4v) is 2.08. The van der Waals surface area contributed by atoms with Gasteiger partial charge in [-0.2, -0.15) is 0 Å². The van der Waals surface area contributed by atoms with Crippen LogP contribution in [-0.4, -0.2) is 29.0 Å². The first-order valence-electron chi connectivity index (χ1n) is 6.24. The van der Waals surface area contributed by atoms with Crippen LogP contribution in [0.1, 0.15) is 20.8 Å². The van der Waals surface area contributed by atoms with Crippen LogP contribution in [0.2, 0.25) is 0 Å². The molecule has 1 heterocycles. The molecule has 7 heteroatoms. The van der Waals surface area contributed by atoms with Gasteiger partial charge in [-0.05, 0) is 26.8 Å². The Morgan fingerprint density at radius 2 is 2.15 bits per heavy atom. The molecule has 0 aliphatic carbocycles. The van der Waals surface area contributed by atoms with Gasteiger partial charge in [0.25, 0.3) is 11.6 Å². The summed E-state index contributed by atoms with van der Waals surface area (Å²) < 4.78 is 5.44. The molecule has 108 valence electrons. The highest BCUT2D eigenvalue weighted by atomic mass is 16.6. The van der Waals surface area contributed by atoms with Crippen molar-refractivity contribution in [3.8, 4) is 5.75 Å². The van der Waals surface area contributed by atoms with E-state index in [9.17, 15) is 14.9 Å². The number of non-ortho nitro benzene ring substituents is 1. The van der Waals surface area contributed by atoms with Crippen LogP contribution in [-0.2, 0) is 4.79 Å². The minimum atomic E-state index is -0.688. The van der Waals surface area contributed by atoms with E-state index in [1.165, 1.54) is 23.1 Å². The van der Waals surface area contributed by atoms with Gasteiger partial charge in [0.15, 0.2) is 11.9 Å². The van der Waals surface area contributed by atoms with Crippen LogP contribution >= 0.6 is 0 Å². The van der Waals surface area contributed by atoms with Crippen molar-refractivity contribution in [1.29, 1.82) is 0 Å². The van der Waals surface area contributed by atoms with E-state index < -0.39 is 16.6 Å². The van der Waals surface area contributed by atoms with E-state index in [1.54, 1.807) is 6.92 Å². The lowest BCUT2D eigenvalue weighted by atomic mass is 10.0. The third kappa shape index (κ3) is 2.72. The summed E-state index contributed by atoms with van der Waals surface area (Å²) in [4.78, 5) is 24.0. The van der Waals surface area contributed by atoms with Gasteiger partial charge >= 0.3 is 0 Å². The highest BCUT2D eigenvalue weighted by molar-refractivity contribution is 6.00. The van der Waals surface area contributed by atoms with Gasteiger partial charge < -0.3 is 15.4 Å². The number of benzene rings is 1. The molecular formula is C13H17N3O4. The third-order valence-corrected chi connectivity index (χ3v) is 2.93. The monoisotopic (exact) mass is 279 g/mol. The van der Waals surface area contributed by atoms with E-state index in [0.717, 1.165) is 0 Å². The number of amides is 1. The first-order valence-corrected chi connectivity index (χ1v) is 6.24. The summed E-state index contributed by atoms with van der Waals surface area (Å²) in [6.07, 6.45) is -0.688. The maximum Gasteiger partial charge on any atom is 0.273 e. The number of rotatable bonds is 3. The zero-order valence-corrected chi connectivity index (χ0v) is 11.6. The molecule has 20 heavy (non-hydrogen) atoms. The summed E-state index contributed by atoms with van der Waals surface area (Å²) in [5, 5.41) is 10.8. The molecule has 0 spiro atoms. The molecule has 0 fully saturated rings. The Hall–Kier alpha value is -2.15. The molecule has 7 nitrogen and oxygen atoms in total. The van der Waals surface area contributed by atoms with Crippen molar-refractivity contribution >= 4 is 17.3 Å². The summed E-state index contributed by atoms with van der Waals surface area (Å²) >= 11 is 0. The van der Waals surface area contributed by atoms with E-state index >= 15 is 0 Å². The number of anilines is 1. The van der Waals surface area contributed by atoms with E-state index in [-0.39, 0.29) is 11.6 Å². The predicted molar refractivity (Wildman–Crippen MR) is 73.8 cm³/mol. The lowest BCUT2D eigenvalue weighted by Crippen LogP contribution is -2.53. The zero-order valence-electron chi connectivity index (χ0n) is 11.6. The Bertz CT molecular complexity index is 565. The van der Waals surface area contributed by atoms with Crippen LogP contribution in [0, 0.1) is 10.1 Å². The number of carbonyl (C=O) groups excluding carboxylic acids is 1. The van der Waals surface area contributed by atoms with E-state index in [0.29, 0.717) is 18.0 Å². The number of ether oxygens (including phenoxy) is 1. The molecule has 0 saturated carbocycles. The van der Waals surface area contributed by atoms with Gasteiger partial charge in [-0.1, -0.05) is 0 Å². The highest BCUT2D eigenvalue weighted by Crippen LogP contribution is 2.37. The van der Waals surface area contributed by atoms with Crippen LogP contribution in [0.5, 0.6) is 5.75 Å². The largest absolute Gasteiger partial charge is 0.478 e. The number of hydrogen-bond acceptors (Lipinski definition) is 5. The lowest BCUT2D eigenvalue weighted by molar-refractivity contribution is -0.384. The Morgan fingerprint density at radius 1 is 1.50 bits per heavy atom. The van der Waals surface area contributed by atoms with Crippen molar-refractivity contribution in [1.82, 2.24) is 0 Å². The second-order valence-corrected chi connectivity index (χ2v) is 5.58. The van der Waals surface area contributed by atoms with E-state index in [4.69, 9.17) is 10.5 Å². The molecule has 1 amide bonds. The molecule has 0 aromatic heterocycles. The predicted octanol–water partition coefficient (Wildman–Crippen LogP) is 1.45. The van der Waals surface area contributed by atoms with Gasteiger partial charge in [-0.15, -0.1) is 0 Å². The number of nitro groups is 1. The van der Waals surface area contributed by atoms with Gasteiger partial charge in [-0.25, -0.2) is 0 Å². The highest BCUT2D eigenvalue weighted by Gasteiger charge is 2.34. The van der Waals surface area contributed by atoms with Crippen molar-refractivity contribution in [3.05, 3.63) is 28.3 Å². The molecule has 1 aromatic carbocycles. The summed E-state index contributed by atoms with van der Waals surface area (Å²) in [6, 6.07) is 4.19. The molecule has 0 saturated heterocycles. The second kappa shape index (κ2) is 4.75. The maximum absolute atomic E-state index is 12.2. The molecule has 0 bridgehead atoms. The summed E-state index contributed by atoms with van der Waals surface area (Å²) in [5.41, 5.74) is 5.83. The molecule has 2 N–H and O–H groups in total. The van der Waals surface area contributed by atoms with Gasteiger partial charge in [0, 0.05) is 18.2 Å². The Kier molecular flexibility index (Phi) is 3.39. The lowest BCUT2D eigenvalue weighted by Gasteiger charge is -2.36. The quantitative estimate of drug-likeness (QED) is 0.666. The summed E-state index contributed by atoms with van der Waals surface area (Å²) in [6.45, 7) is 5.54. The maximum atomic E-state index is 12.2. The van der Waals surface area contributed by atoms with Gasteiger partial charge in [-0.3, -0.25) is 14.9 Å².